The van der Waals surface area contributed by atoms with Crippen molar-refractivity contribution in [3.63, 3.8) is 0 Å². The van der Waals surface area contributed by atoms with Crippen LogP contribution in [0.15, 0.2) is 0 Å². The van der Waals surface area contributed by atoms with Crippen molar-refractivity contribution >= 4 is 5.97 Å². The predicted octanol–water partition coefficient (Wildman–Crippen LogP) is -1.61. The molecule has 0 aromatic carbocycles. The molecule has 19 heavy (non-hydrogen) atoms. The number of nitrogens with zero attached hydrogens (tertiary/aromatic N) is 1. The number of aliphatic carboxylic acids is 1. The summed E-state index contributed by atoms with van der Waals surface area (Å²) >= 11 is 0. The fraction of sp³-hybridized carbons (Fsp3) is 0.917. The number of piperidine rings is 1. The SMILES string of the molecule is O=C(O)CCCCCN1C[C@@H](O)[C@@H](O)[C@@H](O)[C@H]1CO. The van der Waals surface area contributed by atoms with Gasteiger partial charge in [-0.1, -0.05) is 6.42 Å². The van der Waals surface area contributed by atoms with Gasteiger partial charge in [0, 0.05) is 13.0 Å². The summed E-state index contributed by atoms with van der Waals surface area (Å²) in [6.45, 7) is 0.453. The highest BCUT2D eigenvalue weighted by Gasteiger charge is 2.40. The zero-order chi connectivity index (χ0) is 14.4. The molecule has 1 saturated heterocycles. The average Bonchev–Trinajstić information content (AvgIpc) is 2.35. The summed E-state index contributed by atoms with van der Waals surface area (Å²) in [4.78, 5) is 12.1. The summed E-state index contributed by atoms with van der Waals surface area (Å²) in [5.41, 5.74) is 0. The lowest BCUT2D eigenvalue weighted by Crippen LogP contribution is -2.62. The Morgan fingerprint density at radius 2 is 1.79 bits per heavy atom. The van der Waals surface area contributed by atoms with Gasteiger partial charge < -0.3 is 25.5 Å². The van der Waals surface area contributed by atoms with Gasteiger partial charge in [-0.2, -0.15) is 0 Å². The number of aliphatic hydroxyl groups excluding tert-OH is 4. The van der Waals surface area contributed by atoms with Crippen LogP contribution in [0, 0.1) is 0 Å². The van der Waals surface area contributed by atoms with Gasteiger partial charge in [-0.25, -0.2) is 0 Å². The molecule has 7 nitrogen and oxygen atoms in total. The van der Waals surface area contributed by atoms with Crippen LogP contribution < -0.4 is 0 Å². The van der Waals surface area contributed by atoms with Crippen LogP contribution in [-0.4, -0.2) is 80.5 Å². The molecule has 0 unspecified atom stereocenters. The number of carboxylic acids is 1. The van der Waals surface area contributed by atoms with Crippen molar-refractivity contribution < 1.29 is 30.3 Å². The van der Waals surface area contributed by atoms with Crippen LogP contribution in [0.1, 0.15) is 25.7 Å². The number of hydrogen-bond donors (Lipinski definition) is 5. The first-order chi connectivity index (χ1) is 8.97. The highest BCUT2D eigenvalue weighted by molar-refractivity contribution is 5.66. The normalized spacial score (nSPS) is 32.4. The minimum absolute atomic E-state index is 0.132. The van der Waals surface area contributed by atoms with E-state index in [1.165, 1.54) is 0 Å². The monoisotopic (exact) mass is 277 g/mol. The lowest BCUT2D eigenvalue weighted by molar-refractivity contribution is -0.145. The standard InChI is InChI=1S/C12H23NO6/c14-7-8-11(18)12(19)9(15)6-13(8)5-3-1-2-4-10(16)17/h8-9,11-12,14-15,18-19H,1-7H2,(H,16,17)/t8-,9-,11+,12-/m1/s1. The highest BCUT2D eigenvalue weighted by atomic mass is 16.4. The molecular weight excluding hydrogens is 254 g/mol. The molecule has 1 rings (SSSR count). The molecule has 0 spiro atoms. The highest BCUT2D eigenvalue weighted by Crippen LogP contribution is 2.19. The van der Waals surface area contributed by atoms with Crippen LogP contribution in [0.2, 0.25) is 0 Å². The lowest BCUT2D eigenvalue weighted by atomic mass is 9.94. The molecule has 0 aromatic rings. The average molecular weight is 277 g/mol. The summed E-state index contributed by atoms with van der Waals surface area (Å²) in [5.74, 6) is -0.819. The van der Waals surface area contributed by atoms with Crippen LogP contribution in [0.4, 0.5) is 0 Å². The third-order valence-corrected chi connectivity index (χ3v) is 3.55. The van der Waals surface area contributed by atoms with Gasteiger partial charge in [-0.15, -0.1) is 0 Å². The molecule has 0 bridgehead atoms. The minimum Gasteiger partial charge on any atom is -0.481 e. The molecule has 1 aliphatic rings. The third-order valence-electron chi connectivity index (χ3n) is 3.55. The van der Waals surface area contributed by atoms with E-state index in [4.69, 9.17) is 5.11 Å². The summed E-state index contributed by atoms with van der Waals surface area (Å²) in [6.07, 6.45) is -1.27. The molecule has 5 N–H and O–H groups in total. The van der Waals surface area contributed by atoms with Crippen molar-refractivity contribution in [2.45, 2.75) is 50.0 Å². The van der Waals surface area contributed by atoms with E-state index in [-0.39, 0.29) is 19.6 Å². The lowest BCUT2D eigenvalue weighted by Gasteiger charge is -2.43. The Labute approximate surface area is 112 Å². The molecule has 1 aliphatic heterocycles. The molecule has 4 atom stereocenters. The van der Waals surface area contributed by atoms with Crippen molar-refractivity contribution in [1.82, 2.24) is 4.90 Å². The van der Waals surface area contributed by atoms with E-state index in [9.17, 15) is 25.2 Å². The van der Waals surface area contributed by atoms with Crippen LogP contribution in [0.5, 0.6) is 0 Å². The van der Waals surface area contributed by atoms with Gasteiger partial charge >= 0.3 is 5.97 Å². The van der Waals surface area contributed by atoms with Crippen molar-refractivity contribution in [2.75, 3.05) is 19.7 Å². The van der Waals surface area contributed by atoms with Crippen LogP contribution in [0.25, 0.3) is 0 Å². The molecule has 7 heteroatoms. The topological polar surface area (TPSA) is 121 Å². The van der Waals surface area contributed by atoms with Crippen LogP contribution in [0.3, 0.4) is 0 Å². The number of hydrogen-bond acceptors (Lipinski definition) is 6. The molecular formula is C12H23NO6. The first kappa shape index (κ1) is 16.3. The second-order valence-electron chi connectivity index (χ2n) is 5.00. The molecule has 0 saturated carbocycles. The number of likely N-dealkylation sites (tertiary alicyclic amines) is 1. The fourth-order valence-corrected chi connectivity index (χ4v) is 2.40. The Hall–Kier alpha value is -0.730. The largest absolute Gasteiger partial charge is 0.481 e. The van der Waals surface area contributed by atoms with Crippen LogP contribution in [-0.2, 0) is 4.79 Å². The van der Waals surface area contributed by atoms with E-state index < -0.39 is 30.3 Å². The zero-order valence-corrected chi connectivity index (χ0v) is 10.9. The Morgan fingerprint density at radius 3 is 2.37 bits per heavy atom. The van der Waals surface area contributed by atoms with Crippen molar-refractivity contribution in [3.8, 4) is 0 Å². The van der Waals surface area contributed by atoms with E-state index in [1.54, 1.807) is 4.90 Å². The quantitative estimate of drug-likeness (QED) is 0.355. The number of carboxylic acid groups (broad SMARTS) is 1. The number of carbonyl (C=O) groups is 1. The maximum absolute atomic E-state index is 10.3. The second kappa shape index (κ2) is 7.76. The first-order valence-electron chi connectivity index (χ1n) is 6.58. The Kier molecular flexibility index (Phi) is 6.67. The van der Waals surface area contributed by atoms with Crippen molar-refractivity contribution in [3.05, 3.63) is 0 Å². The van der Waals surface area contributed by atoms with Gasteiger partial charge in [0.15, 0.2) is 0 Å². The van der Waals surface area contributed by atoms with E-state index in [1.807, 2.05) is 0 Å². The molecule has 1 heterocycles. The van der Waals surface area contributed by atoms with Gasteiger partial charge in [-0.05, 0) is 19.4 Å². The zero-order valence-electron chi connectivity index (χ0n) is 10.9. The van der Waals surface area contributed by atoms with Crippen LogP contribution >= 0.6 is 0 Å². The molecule has 0 aromatic heterocycles. The maximum Gasteiger partial charge on any atom is 0.303 e. The van der Waals surface area contributed by atoms with E-state index in [2.05, 4.69) is 0 Å². The maximum atomic E-state index is 10.3. The Balaban J connectivity index is 2.36. The van der Waals surface area contributed by atoms with E-state index >= 15 is 0 Å². The fourth-order valence-electron chi connectivity index (χ4n) is 2.40. The molecule has 0 radical (unpaired) electrons. The Bertz CT molecular complexity index is 287. The van der Waals surface area contributed by atoms with Crippen molar-refractivity contribution in [1.29, 1.82) is 0 Å². The Morgan fingerprint density at radius 1 is 1.11 bits per heavy atom. The van der Waals surface area contributed by atoms with Gasteiger partial charge in [0.1, 0.15) is 12.2 Å². The summed E-state index contributed by atoms with van der Waals surface area (Å²) in [7, 11) is 0. The molecule has 0 aliphatic carbocycles. The molecule has 112 valence electrons. The van der Waals surface area contributed by atoms with E-state index in [0.717, 1.165) is 12.8 Å². The smallest absolute Gasteiger partial charge is 0.303 e. The number of aliphatic hydroxyl groups is 4. The minimum atomic E-state index is -1.24. The van der Waals surface area contributed by atoms with Gasteiger partial charge in [0.2, 0.25) is 0 Å². The molecule has 0 amide bonds. The summed E-state index contributed by atoms with van der Waals surface area (Å²) in [5, 5.41) is 46.6. The van der Waals surface area contributed by atoms with Gasteiger partial charge in [0.05, 0.1) is 18.8 Å². The van der Waals surface area contributed by atoms with Gasteiger partial charge in [0.25, 0.3) is 0 Å². The van der Waals surface area contributed by atoms with Crippen molar-refractivity contribution in [2.24, 2.45) is 0 Å². The summed E-state index contributed by atoms with van der Waals surface area (Å²) < 4.78 is 0. The third kappa shape index (κ3) is 4.70. The van der Waals surface area contributed by atoms with E-state index in [0.29, 0.717) is 13.0 Å². The van der Waals surface area contributed by atoms with Gasteiger partial charge in [-0.3, -0.25) is 9.69 Å². The number of unbranched alkanes of at least 4 members (excludes halogenated alkanes) is 2. The number of rotatable bonds is 7. The molecule has 1 fully saturated rings. The predicted molar refractivity (Wildman–Crippen MR) is 66.6 cm³/mol. The summed E-state index contributed by atoms with van der Waals surface area (Å²) in [6, 6.07) is -0.585. The number of β-amino-alcohol motifs (C(OH)–C–C–N with tert-alkyl or cyclic N) is 1. The second-order valence-corrected chi connectivity index (χ2v) is 5.00. The first-order valence-corrected chi connectivity index (χ1v) is 6.58.